The molecule has 3 rings (SSSR count). The molecule has 0 spiro atoms. The van der Waals surface area contributed by atoms with Crippen LogP contribution < -0.4 is 15.0 Å². The van der Waals surface area contributed by atoms with Crippen LogP contribution in [0.25, 0.3) is 0 Å². The number of nitrogens with one attached hydrogen (secondary N) is 1. The van der Waals surface area contributed by atoms with E-state index in [1.54, 1.807) is 11.1 Å². The third-order valence-corrected chi connectivity index (χ3v) is 4.19. The van der Waals surface area contributed by atoms with Gasteiger partial charge in [0.15, 0.2) is 0 Å². The molecule has 1 saturated heterocycles. The molecule has 27 heavy (non-hydrogen) atoms. The molecule has 1 aromatic heterocycles. The van der Waals surface area contributed by atoms with Gasteiger partial charge in [-0.25, -0.2) is 9.78 Å². The summed E-state index contributed by atoms with van der Waals surface area (Å²) in [7, 11) is 0. The number of aromatic nitrogens is 2. The van der Waals surface area contributed by atoms with Crippen LogP contribution in [0.5, 0.6) is 5.75 Å². The van der Waals surface area contributed by atoms with Crippen molar-refractivity contribution in [2.75, 3.05) is 49.6 Å². The van der Waals surface area contributed by atoms with Crippen molar-refractivity contribution in [1.29, 1.82) is 0 Å². The molecule has 2 aromatic rings. The summed E-state index contributed by atoms with van der Waals surface area (Å²) in [5.74, 6) is 2.20. The number of ether oxygens (including phenoxy) is 2. The number of carbonyl (C=O) groups excluding carboxylic acids is 1. The van der Waals surface area contributed by atoms with E-state index < -0.39 is 0 Å². The van der Waals surface area contributed by atoms with E-state index in [1.165, 1.54) is 0 Å². The standard InChI is InChI=1S/C19H25N5O3/c1-3-26-16-7-5-15(6-8-16)21-18-20-10-9-17(22-18)23-11-13-24(14-12-23)19(25)27-4-2/h5-10H,3-4,11-14H2,1-2H3,(H,20,21,22). The first-order valence-corrected chi connectivity index (χ1v) is 9.19. The van der Waals surface area contributed by atoms with Gasteiger partial charge in [0.25, 0.3) is 0 Å². The van der Waals surface area contributed by atoms with Crippen molar-refractivity contribution in [2.45, 2.75) is 13.8 Å². The van der Waals surface area contributed by atoms with Gasteiger partial charge in [-0.05, 0) is 44.2 Å². The predicted octanol–water partition coefficient (Wildman–Crippen LogP) is 2.90. The second-order valence-corrected chi connectivity index (χ2v) is 5.99. The van der Waals surface area contributed by atoms with Gasteiger partial charge in [0.2, 0.25) is 5.95 Å². The van der Waals surface area contributed by atoms with Gasteiger partial charge in [0.05, 0.1) is 13.2 Å². The zero-order valence-corrected chi connectivity index (χ0v) is 15.7. The van der Waals surface area contributed by atoms with E-state index in [0.29, 0.717) is 45.3 Å². The lowest BCUT2D eigenvalue weighted by Crippen LogP contribution is -2.49. The quantitative estimate of drug-likeness (QED) is 0.836. The molecule has 1 aromatic carbocycles. The Morgan fingerprint density at radius 2 is 1.81 bits per heavy atom. The number of hydrogen-bond acceptors (Lipinski definition) is 7. The van der Waals surface area contributed by atoms with Crippen molar-refractivity contribution in [3.05, 3.63) is 36.5 Å². The van der Waals surface area contributed by atoms with Crippen molar-refractivity contribution >= 4 is 23.5 Å². The van der Waals surface area contributed by atoms with E-state index >= 15 is 0 Å². The molecule has 0 aliphatic carbocycles. The highest BCUT2D eigenvalue weighted by atomic mass is 16.6. The van der Waals surface area contributed by atoms with Gasteiger partial charge in [0, 0.05) is 38.1 Å². The maximum atomic E-state index is 11.8. The maximum Gasteiger partial charge on any atom is 0.409 e. The minimum absolute atomic E-state index is 0.252. The van der Waals surface area contributed by atoms with Crippen LogP contribution in [0.2, 0.25) is 0 Å². The summed E-state index contributed by atoms with van der Waals surface area (Å²) < 4.78 is 10.5. The van der Waals surface area contributed by atoms with Gasteiger partial charge in [-0.2, -0.15) is 4.98 Å². The number of amides is 1. The average Bonchev–Trinajstić information content (AvgIpc) is 2.70. The predicted molar refractivity (Wildman–Crippen MR) is 104 cm³/mol. The highest BCUT2D eigenvalue weighted by Gasteiger charge is 2.22. The highest BCUT2D eigenvalue weighted by Crippen LogP contribution is 2.20. The Balaban J connectivity index is 1.60. The Morgan fingerprint density at radius 3 is 2.48 bits per heavy atom. The van der Waals surface area contributed by atoms with Crippen molar-refractivity contribution in [3.8, 4) is 5.75 Å². The van der Waals surface area contributed by atoms with E-state index in [-0.39, 0.29) is 6.09 Å². The van der Waals surface area contributed by atoms with Crippen LogP contribution in [0.15, 0.2) is 36.5 Å². The van der Waals surface area contributed by atoms with Crippen LogP contribution in [0.4, 0.5) is 22.2 Å². The molecule has 1 amide bonds. The molecule has 1 fully saturated rings. The molecule has 8 heteroatoms. The summed E-state index contributed by atoms with van der Waals surface area (Å²) in [6.45, 7) is 7.45. The number of rotatable bonds is 6. The van der Waals surface area contributed by atoms with Gasteiger partial charge >= 0.3 is 6.09 Å². The summed E-state index contributed by atoms with van der Waals surface area (Å²) in [6.07, 6.45) is 1.48. The van der Waals surface area contributed by atoms with Gasteiger partial charge < -0.3 is 24.6 Å². The number of nitrogens with zero attached hydrogens (tertiary/aromatic N) is 4. The molecular weight excluding hydrogens is 346 g/mol. The van der Waals surface area contributed by atoms with E-state index in [0.717, 1.165) is 17.3 Å². The molecule has 1 N–H and O–H groups in total. The van der Waals surface area contributed by atoms with Gasteiger partial charge in [-0.3, -0.25) is 0 Å². The number of hydrogen-bond donors (Lipinski definition) is 1. The molecule has 8 nitrogen and oxygen atoms in total. The van der Waals surface area contributed by atoms with Crippen molar-refractivity contribution in [1.82, 2.24) is 14.9 Å². The van der Waals surface area contributed by atoms with Crippen molar-refractivity contribution < 1.29 is 14.3 Å². The summed E-state index contributed by atoms with van der Waals surface area (Å²) in [6, 6.07) is 9.55. The minimum Gasteiger partial charge on any atom is -0.494 e. The van der Waals surface area contributed by atoms with Crippen LogP contribution in [0.1, 0.15) is 13.8 Å². The zero-order valence-electron chi connectivity index (χ0n) is 15.7. The van der Waals surface area contributed by atoms with Gasteiger partial charge in [-0.1, -0.05) is 0 Å². The number of anilines is 3. The van der Waals surface area contributed by atoms with Gasteiger partial charge in [-0.15, -0.1) is 0 Å². The smallest absolute Gasteiger partial charge is 0.409 e. The topological polar surface area (TPSA) is 79.8 Å². The molecule has 0 unspecified atom stereocenters. The second kappa shape index (κ2) is 9.07. The third-order valence-electron chi connectivity index (χ3n) is 4.19. The van der Waals surface area contributed by atoms with Crippen LogP contribution in [-0.4, -0.2) is 60.4 Å². The lowest BCUT2D eigenvalue weighted by atomic mass is 10.3. The first-order chi connectivity index (χ1) is 13.2. The molecular formula is C19H25N5O3. The molecule has 0 saturated carbocycles. The third kappa shape index (κ3) is 4.99. The lowest BCUT2D eigenvalue weighted by Gasteiger charge is -2.34. The largest absolute Gasteiger partial charge is 0.494 e. The number of carbonyl (C=O) groups is 1. The normalized spacial score (nSPS) is 14.0. The van der Waals surface area contributed by atoms with E-state index in [1.807, 2.05) is 44.2 Å². The monoisotopic (exact) mass is 371 g/mol. The number of piperazine rings is 1. The Hall–Kier alpha value is -3.03. The Morgan fingerprint density at radius 1 is 1.07 bits per heavy atom. The summed E-state index contributed by atoms with van der Waals surface area (Å²) in [4.78, 5) is 24.6. The zero-order chi connectivity index (χ0) is 19.1. The summed E-state index contributed by atoms with van der Waals surface area (Å²) in [5, 5.41) is 3.21. The molecule has 144 valence electrons. The van der Waals surface area contributed by atoms with Crippen LogP contribution >= 0.6 is 0 Å². The second-order valence-electron chi connectivity index (χ2n) is 5.99. The molecule has 0 radical (unpaired) electrons. The van der Waals surface area contributed by atoms with E-state index in [9.17, 15) is 4.79 Å². The fourth-order valence-corrected chi connectivity index (χ4v) is 2.85. The Kier molecular flexibility index (Phi) is 6.30. The molecule has 1 aliphatic heterocycles. The van der Waals surface area contributed by atoms with Crippen LogP contribution in [0, 0.1) is 0 Å². The van der Waals surface area contributed by atoms with Crippen molar-refractivity contribution in [3.63, 3.8) is 0 Å². The van der Waals surface area contributed by atoms with Crippen LogP contribution in [0.3, 0.4) is 0 Å². The Labute approximate surface area is 159 Å². The fourth-order valence-electron chi connectivity index (χ4n) is 2.85. The highest BCUT2D eigenvalue weighted by molar-refractivity contribution is 5.68. The molecule has 0 atom stereocenters. The SMILES string of the molecule is CCOC(=O)N1CCN(c2ccnc(Nc3ccc(OCC)cc3)n2)CC1. The lowest BCUT2D eigenvalue weighted by molar-refractivity contribution is 0.105. The fraction of sp³-hybridized carbons (Fsp3) is 0.421. The van der Waals surface area contributed by atoms with E-state index in [4.69, 9.17) is 9.47 Å². The number of benzene rings is 1. The molecule has 1 aliphatic rings. The van der Waals surface area contributed by atoms with Crippen LogP contribution in [-0.2, 0) is 4.74 Å². The van der Waals surface area contributed by atoms with Gasteiger partial charge in [0.1, 0.15) is 11.6 Å². The average molecular weight is 371 g/mol. The van der Waals surface area contributed by atoms with Crippen molar-refractivity contribution in [2.24, 2.45) is 0 Å². The minimum atomic E-state index is -0.252. The molecule has 0 bridgehead atoms. The van der Waals surface area contributed by atoms with E-state index in [2.05, 4.69) is 20.2 Å². The first-order valence-electron chi connectivity index (χ1n) is 9.19. The maximum absolute atomic E-state index is 11.8. The molecule has 2 heterocycles. The summed E-state index contributed by atoms with van der Waals surface area (Å²) in [5.41, 5.74) is 0.891. The Bertz CT molecular complexity index is 745. The summed E-state index contributed by atoms with van der Waals surface area (Å²) >= 11 is 0. The first kappa shape index (κ1) is 18.8.